The number of hydrogen-bond donors (Lipinski definition) is 1. The number of amides is 1. The monoisotopic (exact) mass is 251 g/mol. The SMILES string of the molecule is COC(=O)c1ccc(CN(CC=O)C(=O)O)cc1. The van der Waals surface area contributed by atoms with Crippen LogP contribution in [0.3, 0.4) is 0 Å². The van der Waals surface area contributed by atoms with Crippen molar-refractivity contribution in [1.82, 2.24) is 4.90 Å². The van der Waals surface area contributed by atoms with E-state index in [2.05, 4.69) is 4.74 Å². The Hall–Kier alpha value is -2.37. The summed E-state index contributed by atoms with van der Waals surface area (Å²) in [6.45, 7) is -0.0936. The Morgan fingerprint density at radius 2 is 1.94 bits per heavy atom. The van der Waals surface area contributed by atoms with Crippen LogP contribution in [0.2, 0.25) is 0 Å². The molecule has 6 heteroatoms. The molecule has 0 unspecified atom stereocenters. The number of carboxylic acid groups (broad SMARTS) is 1. The van der Waals surface area contributed by atoms with Gasteiger partial charge < -0.3 is 14.6 Å². The van der Waals surface area contributed by atoms with E-state index in [1.807, 2.05) is 0 Å². The second-order valence-electron chi connectivity index (χ2n) is 3.52. The summed E-state index contributed by atoms with van der Waals surface area (Å²) in [5.74, 6) is -0.454. The van der Waals surface area contributed by atoms with Gasteiger partial charge in [0.25, 0.3) is 0 Å². The average Bonchev–Trinajstić information content (AvgIpc) is 2.38. The second kappa shape index (κ2) is 6.39. The highest BCUT2D eigenvalue weighted by Crippen LogP contribution is 2.08. The molecule has 0 saturated heterocycles. The molecule has 0 spiro atoms. The highest BCUT2D eigenvalue weighted by atomic mass is 16.5. The van der Waals surface area contributed by atoms with Crippen molar-refractivity contribution in [2.75, 3.05) is 13.7 Å². The van der Waals surface area contributed by atoms with Crippen LogP contribution in [-0.2, 0) is 16.1 Å². The fraction of sp³-hybridized carbons (Fsp3) is 0.250. The Balaban J connectivity index is 2.76. The minimum Gasteiger partial charge on any atom is -0.465 e. The van der Waals surface area contributed by atoms with Crippen LogP contribution in [-0.4, -0.2) is 42.0 Å². The van der Waals surface area contributed by atoms with Gasteiger partial charge in [0.2, 0.25) is 0 Å². The summed E-state index contributed by atoms with van der Waals surface area (Å²) in [5.41, 5.74) is 1.07. The van der Waals surface area contributed by atoms with Crippen molar-refractivity contribution >= 4 is 18.3 Å². The van der Waals surface area contributed by atoms with Crippen LogP contribution >= 0.6 is 0 Å². The van der Waals surface area contributed by atoms with Crippen molar-refractivity contribution in [1.29, 1.82) is 0 Å². The van der Waals surface area contributed by atoms with Crippen LogP contribution in [0.25, 0.3) is 0 Å². The van der Waals surface area contributed by atoms with Crippen LogP contribution in [0.15, 0.2) is 24.3 Å². The van der Waals surface area contributed by atoms with Gasteiger partial charge in [0.15, 0.2) is 0 Å². The average molecular weight is 251 g/mol. The molecule has 1 aromatic carbocycles. The largest absolute Gasteiger partial charge is 0.465 e. The van der Waals surface area contributed by atoms with Gasteiger partial charge in [0.1, 0.15) is 6.29 Å². The molecular weight excluding hydrogens is 238 g/mol. The predicted molar refractivity (Wildman–Crippen MR) is 62.3 cm³/mol. The Kier molecular flexibility index (Phi) is 4.86. The Bertz CT molecular complexity index is 440. The number of nitrogens with zero attached hydrogens (tertiary/aromatic N) is 1. The number of carbonyl (C=O) groups excluding carboxylic acids is 2. The topological polar surface area (TPSA) is 83.9 Å². The lowest BCUT2D eigenvalue weighted by Gasteiger charge is -2.16. The normalized spacial score (nSPS) is 9.61. The van der Waals surface area contributed by atoms with Crippen LogP contribution in [0.1, 0.15) is 15.9 Å². The van der Waals surface area contributed by atoms with E-state index in [1.54, 1.807) is 24.3 Å². The van der Waals surface area contributed by atoms with Crippen molar-refractivity contribution in [2.45, 2.75) is 6.54 Å². The first-order valence-electron chi connectivity index (χ1n) is 5.17. The van der Waals surface area contributed by atoms with E-state index in [0.29, 0.717) is 17.4 Å². The molecule has 18 heavy (non-hydrogen) atoms. The van der Waals surface area contributed by atoms with Crippen LogP contribution in [0, 0.1) is 0 Å². The fourth-order valence-electron chi connectivity index (χ4n) is 1.38. The summed E-state index contributed by atoms with van der Waals surface area (Å²) in [6.07, 6.45) is -0.643. The molecule has 0 aliphatic rings. The van der Waals surface area contributed by atoms with E-state index in [1.165, 1.54) is 7.11 Å². The Morgan fingerprint density at radius 3 is 2.39 bits per heavy atom. The summed E-state index contributed by atoms with van der Waals surface area (Å²) < 4.78 is 4.54. The number of aldehydes is 1. The Labute approximate surface area is 104 Å². The number of methoxy groups -OCH3 is 1. The molecule has 6 nitrogen and oxygen atoms in total. The molecule has 0 radical (unpaired) electrons. The lowest BCUT2D eigenvalue weighted by Crippen LogP contribution is -2.30. The molecule has 96 valence electrons. The summed E-state index contributed by atoms with van der Waals surface area (Å²) >= 11 is 0. The van der Waals surface area contributed by atoms with Gasteiger partial charge >= 0.3 is 12.1 Å². The Morgan fingerprint density at radius 1 is 1.33 bits per heavy atom. The van der Waals surface area contributed by atoms with E-state index < -0.39 is 12.1 Å². The summed E-state index contributed by atoms with van der Waals surface area (Å²) in [4.78, 5) is 33.3. The molecule has 1 N–H and O–H groups in total. The first-order valence-corrected chi connectivity index (χ1v) is 5.17. The molecule has 0 aliphatic heterocycles. The molecule has 0 heterocycles. The highest BCUT2D eigenvalue weighted by molar-refractivity contribution is 5.89. The zero-order valence-corrected chi connectivity index (χ0v) is 9.83. The zero-order valence-electron chi connectivity index (χ0n) is 9.83. The first-order chi connectivity index (χ1) is 8.58. The van der Waals surface area contributed by atoms with E-state index in [4.69, 9.17) is 5.11 Å². The molecule has 0 aliphatic carbocycles. The number of hydrogen-bond acceptors (Lipinski definition) is 4. The van der Waals surface area contributed by atoms with E-state index >= 15 is 0 Å². The number of ether oxygens (including phenoxy) is 1. The van der Waals surface area contributed by atoms with Crippen LogP contribution in [0.4, 0.5) is 4.79 Å². The van der Waals surface area contributed by atoms with E-state index in [9.17, 15) is 14.4 Å². The quantitative estimate of drug-likeness (QED) is 0.627. The van der Waals surface area contributed by atoms with Crippen LogP contribution in [0.5, 0.6) is 0 Å². The molecule has 0 saturated carbocycles. The maximum atomic E-state index is 11.2. The highest BCUT2D eigenvalue weighted by Gasteiger charge is 2.12. The van der Waals surface area contributed by atoms with Crippen molar-refractivity contribution < 1.29 is 24.2 Å². The summed E-state index contributed by atoms with van der Waals surface area (Å²) in [7, 11) is 1.28. The molecule has 1 rings (SSSR count). The van der Waals surface area contributed by atoms with Crippen molar-refractivity contribution in [3.05, 3.63) is 35.4 Å². The van der Waals surface area contributed by atoms with E-state index in [0.717, 1.165) is 4.90 Å². The smallest absolute Gasteiger partial charge is 0.407 e. The van der Waals surface area contributed by atoms with Gasteiger partial charge in [-0.25, -0.2) is 9.59 Å². The lowest BCUT2D eigenvalue weighted by atomic mass is 10.1. The third-order valence-electron chi connectivity index (χ3n) is 2.31. The van der Waals surface area contributed by atoms with Gasteiger partial charge in [0.05, 0.1) is 19.2 Å². The number of esters is 1. The minimum atomic E-state index is -1.17. The maximum absolute atomic E-state index is 11.2. The fourth-order valence-corrected chi connectivity index (χ4v) is 1.38. The van der Waals surface area contributed by atoms with Gasteiger partial charge in [-0.05, 0) is 17.7 Å². The molecule has 0 atom stereocenters. The molecule has 0 fully saturated rings. The maximum Gasteiger partial charge on any atom is 0.407 e. The first kappa shape index (κ1) is 13.7. The minimum absolute atomic E-state index is 0.0928. The lowest BCUT2D eigenvalue weighted by molar-refractivity contribution is -0.108. The molecule has 1 aromatic rings. The van der Waals surface area contributed by atoms with Crippen LogP contribution < -0.4 is 0 Å². The summed E-state index contributed by atoms with van der Waals surface area (Å²) in [6, 6.07) is 6.32. The number of benzene rings is 1. The van der Waals surface area contributed by atoms with E-state index in [-0.39, 0.29) is 13.1 Å². The molecular formula is C12H13NO5. The van der Waals surface area contributed by atoms with Gasteiger partial charge in [0, 0.05) is 6.54 Å². The molecule has 0 aromatic heterocycles. The van der Waals surface area contributed by atoms with Gasteiger partial charge in [-0.3, -0.25) is 4.90 Å². The second-order valence-corrected chi connectivity index (χ2v) is 3.52. The predicted octanol–water partition coefficient (Wildman–Crippen LogP) is 1.15. The zero-order chi connectivity index (χ0) is 13.5. The standard InChI is InChI=1S/C12H13NO5/c1-18-11(15)10-4-2-9(3-5-10)8-13(6-7-14)12(16)17/h2-5,7H,6,8H2,1H3,(H,16,17). The third kappa shape index (κ3) is 3.58. The molecule has 1 amide bonds. The van der Waals surface area contributed by atoms with Crippen molar-refractivity contribution in [3.63, 3.8) is 0 Å². The van der Waals surface area contributed by atoms with Gasteiger partial charge in [-0.2, -0.15) is 0 Å². The number of rotatable bonds is 5. The number of carbonyl (C=O) groups is 3. The summed E-state index contributed by atoms with van der Waals surface area (Å²) in [5, 5.41) is 8.84. The van der Waals surface area contributed by atoms with Gasteiger partial charge in [-0.15, -0.1) is 0 Å². The molecule has 0 bridgehead atoms. The third-order valence-corrected chi connectivity index (χ3v) is 2.31. The van der Waals surface area contributed by atoms with Crippen molar-refractivity contribution in [3.8, 4) is 0 Å². The van der Waals surface area contributed by atoms with Crippen molar-refractivity contribution in [2.24, 2.45) is 0 Å². The van der Waals surface area contributed by atoms with Gasteiger partial charge in [-0.1, -0.05) is 12.1 Å².